The Kier molecular flexibility index (Phi) is 7.91. The number of amides is 1. The van der Waals surface area contributed by atoms with Gasteiger partial charge in [-0.3, -0.25) is 0 Å². The molecule has 1 fully saturated rings. The van der Waals surface area contributed by atoms with Crippen LogP contribution in [0, 0.1) is 0 Å². The minimum absolute atomic E-state index is 0.211. The van der Waals surface area contributed by atoms with Gasteiger partial charge in [0.15, 0.2) is 0 Å². The SMILES string of the molecule is O=C1N[C@@H](CCOP(OCCBr)OCc2ccccc2)C(=O)O1. The first-order chi connectivity index (χ1) is 11.2. The fourth-order valence-electron chi connectivity index (χ4n) is 1.75. The van der Waals surface area contributed by atoms with Crippen LogP contribution in [0.5, 0.6) is 0 Å². The van der Waals surface area contributed by atoms with Crippen molar-refractivity contribution in [3.63, 3.8) is 0 Å². The lowest BCUT2D eigenvalue weighted by Gasteiger charge is -2.17. The van der Waals surface area contributed by atoms with E-state index in [-0.39, 0.29) is 6.61 Å². The second-order valence-electron chi connectivity index (χ2n) is 4.53. The van der Waals surface area contributed by atoms with E-state index >= 15 is 0 Å². The lowest BCUT2D eigenvalue weighted by molar-refractivity contribution is -0.135. The van der Waals surface area contributed by atoms with Gasteiger partial charge in [-0.1, -0.05) is 46.3 Å². The maximum Gasteiger partial charge on any atom is 0.415 e. The van der Waals surface area contributed by atoms with E-state index < -0.39 is 26.7 Å². The topological polar surface area (TPSA) is 83.1 Å². The Labute approximate surface area is 143 Å². The molecule has 0 spiro atoms. The molecule has 126 valence electrons. The predicted molar refractivity (Wildman–Crippen MR) is 86.9 cm³/mol. The maximum atomic E-state index is 11.3. The molecule has 1 aromatic rings. The summed E-state index contributed by atoms with van der Waals surface area (Å²) in [6.45, 7) is 1.03. The van der Waals surface area contributed by atoms with Crippen LogP contribution in [0.2, 0.25) is 0 Å². The number of hydrogen-bond donors (Lipinski definition) is 1. The molecule has 1 aliphatic rings. The van der Waals surface area contributed by atoms with Crippen molar-refractivity contribution in [2.45, 2.75) is 19.1 Å². The van der Waals surface area contributed by atoms with E-state index in [4.69, 9.17) is 13.6 Å². The largest absolute Gasteiger partial charge is 0.415 e. The molecular formula is C14H17BrNO6P. The van der Waals surface area contributed by atoms with Crippen molar-refractivity contribution in [2.75, 3.05) is 18.5 Å². The molecule has 0 aliphatic carbocycles. The van der Waals surface area contributed by atoms with Gasteiger partial charge in [0.2, 0.25) is 0 Å². The number of carbonyl (C=O) groups is 2. The van der Waals surface area contributed by atoms with Crippen LogP contribution in [0.1, 0.15) is 12.0 Å². The van der Waals surface area contributed by atoms with Crippen molar-refractivity contribution in [1.82, 2.24) is 5.32 Å². The maximum absolute atomic E-state index is 11.3. The van der Waals surface area contributed by atoms with Crippen molar-refractivity contribution in [1.29, 1.82) is 0 Å². The third kappa shape index (κ3) is 6.53. The molecule has 0 aromatic heterocycles. The second kappa shape index (κ2) is 9.95. The van der Waals surface area contributed by atoms with Crippen LogP contribution in [-0.2, 0) is 29.7 Å². The minimum Gasteiger partial charge on any atom is -0.375 e. The number of rotatable bonds is 10. The van der Waals surface area contributed by atoms with Crippen LogP contribution in [-0.4, -0.2) is 36.6 Å². The zero-order valence-corrected chi connectivity index (χ0v) is 14.8. The van der Waals surface area contributed by atoms with Gasteiger partial charge in [0.1, 0.15) is 6.04 Å². The van der Waals surface area contributed by atoms with Crippen molar-refractivity contribution in [3.8, 4) is 0 Å². The Bertz CT molecular complexity index is 517. The number of esters is 1. The molecule has 1 N–H and O–H groups in total. The van der Waals surface area contributed by atoms with Gasteiger partial charge in [0, 0.05) is 11.8 Å². The number of alkyl halides is 1. The first-order valence-corrected chi connectivity index (χ1v) is 9.21. The van der Waals surface area contributed by atoms with Gasteiger partial charge in [-0.15, -0.1) is 0 Å². The highest BCUT2D eigenvalue weighted by Crippen LogP contribution is 2.40. The zero-order valence-electron chi connectivity index (χ0n) is 12.3. The first kappa shape index (κ1) is 18.3. The lowest BCUT2D eigenvalue weighted by atomic mass is 10.2. The Morgan fingerprint density at radius 3 is 2.52 bits per heavy atom. The molecule has 0 saturated carbocycles. The van der Waals surface area contributed by atoms with Crippen LogP contribution >= 0.6 is 24.5 Å². The number of alkyl carbamates (subject to hydrolysis) is 1. The summed E-state index contributed by atoms with van der Waals surface area (Å²) in [5, 5.41) is 3.07. The number of carbonyl (C=O) groups excluding carboxylic acids is 2. The van der Waals surface area contributed by atoms with Crippen molar-refractivity contribution >= 4 is 36.6 Å². The van der Waals surface area contributed by atoms with Gasteiger partial charge in [-0.25, -0.2) is 9.59 Å². The van der Waals surface area contributed by atoms with E-state index in [0.717, 1.165) is 5.56 Å². The molecule has 1 amide bonds. The fourth-order valence-corrected chi connectivity index (χ4v) is 3.14. The smallest absolute Gasteiger partial charge is 0.375 e. The summed E-state index contributed by atoms with van der Waals surface area (Å²) < 4.78 is 21.1. The summed E-state index contributed by atoms with van der Waals surface area (Å²) in [7, 11) is -1.53. The van der Waals surface area contributed by atoms with Crippen LogP contribution in [0.25, 0.3) is 0 Å². The summed E-state index contributed by atoms with van der Waals surface area (Å²) in [4.78, 5) is 22.2. The summed E-state index contributed by atoms with van der Waals surface area (Å²) in [5.41, 5.74) is 1.01. The average molecular weight is 406 g/mol. The second-order valence-corrected chi connectivity index (χ2v) is 6.55. The first-order valence-electron chi connectivity index (χ1n) is 7.00. The minimum atomic E-state index is -1.53. The molecule has 2 rings (SSSR count). The van der Waals surface area contributed by atoms with E-state index in [2.05, 4.69) is 26.0 Å². The highest BCUT2D eigenvalue weighted by Gasteiger charge is 2.32. The quantitative estimate of drug-likeness (QED) is 0.279. The van der Waals surface area contributed by atoms with Gasteiger partial charge < -0.3 is 23.6 Å². The van der Waals surface area contributed by atoms with Crippen molar-refractivity contribution < 1.29 is 27.9 Å². The Morgan fingerprint density at radius 2 is 1.87 bits per heavy atom. The standard InChI is InChI=1S/C14H17BrNO6P/c15-7-9-20-23(21-10-11-4-2-1-3-5-11)19-8-6-12-13(17)22-14(18)16-12/h1-5,12H,6-10H2,(H,16,18)/t12-,23?/m0/s1. The van der Waals surface area contributed by atoms with E-state index in [1.807, 2.05) is 30.3 Å². The molecule has 0 radical (unpaired) electrons. The van der Waals surface area contributed by atoms with Crippen LogP contribution in [0.4, 0.5) is 4.79 Å². The number of cyclic esters (lactones) is 2. The van der Waals surface area contributed by atoms with E-state index in [1.165, 1.54) is 0 Å². The predicted octanol–water partition coefficient (Wildman–Crippen LogP) is 2.88. The normalized spacial score (nSPS) is 18.6. The van der Waals surface area contributed by atoms with Crippen molar-refractivity contribution in [2.24, 2.45) is 0 Å². The van der Waals surface area contributed by atoms with Gasteiger partial charge in [0.25, 0.3) is 0 Å². The number of ether oxygens (including phenoxy) is 1. The number of benzene rings is 1. The Balaban J connectivity index is 1.74. The lowest BCUT2D eigenvalue weighted by Crippen LogP contribution is -2.29. The summed E-state index contributed by atoms with van der Waals surface area (Å²) in [6.07, 6.45) is -0.423. The van der Waals surface area contributed by atoms with Crippen LogP contribution in [0.3, 0.4) is 0 Å². The molecule has 7 nitrogen and oxygen atoms in total. The van der Waals surface area contributed by atoms with E-state index in [1.54, 1.807) is 0 Å². The summed E-state index contributed by atoms with van der Waals surface area (Å²) in [6, 6.07) is 9.00. The van der Waals surface area contributed by atoms with Gasteiger partial charge >= 0.3 is 20.7 Å². The molecule has 1 saturated heterocycles. The number of hydrogen-bond acceptors (Lipinski definition) is 6. The number of nitrogens with one attached hydrogen (secondary N) is 1. The summed E-state index contributed by atoms with van der Waals surface area (Å²) >= 11 is 3.28. The van der Waals surface area contributed by atoms with Gasteiger partial charge in [-0.05, 0) is 5.56 Å². The van der Waals surface area contributed by atoms with Crippen molar-refractivity contribution in [3.05, 3.63) is 35.9 Å². The van der Waals surface area contributed by atoms with Gasteiger partial charge in [0.05, 0.1) is 19.8 Å². The molecular weight excluding hydrogens is 389 g/mol. The Morgan fingerprint density at radius 1 is 1.13 bits per heavy atom. The highest BCUT2D eigenvalue weighted by atomic mass is 79.9. The van der Waals surface area contributed by atoms with Crippen LogP contribution in [0.15, 0.2) is 30.3 Å². The van der Waals surface area contributed by atoms with E-state index in [0.29, 0.717) is 25.0 Å². The van der Waals surface area contributed by atoms with E-state index in [9.17, 15) is 9.59 Å². The molecule has 2 atom stereocenters. The molecule has 1 aromatic carbocycles. The molecule has 1 heterocycles. The fraction of sp³-hybridized carbons (Fsp3) is 0.429. The Hall–Kier alpha value is -1.05. The molecule has 0 bridgehead atoms. The monoisotopic (exact) mass is 405 g/mol. The van der Waals surface area contributed by atoms with Gasteiger partial charge in [-0.2, -0.15) is 0 Å². The summed E-state index contributed by atoms with van der Waals surface area (Å²) in [5.74, 6) is -0.588. The molecule has 1 unspecified atom stereocenters. The highest BCUT2D eigenvalue weighted by molar-refractivity contribution is 9.09. The average Bonchev–Trinajstić information content (AvgIpc) is 2.88. The van der Waals surface area contributed by atoms with Crippen LogP contribution < -0.4 is 5.32 Å². The molecule has 1 aliphatic heterocycles. The third-order valence-electron chi connectivity index (χ3n) is 2.83. The molecule has 23 heavy (non-hydrogen) atoms. The third-order valence-corrected chi connectivity index (χ3v) is 4.28. The zero-order chi connectivity index (χ0) is 16.5. The molecule has 9 heteroatoms. The number of halogens is 1.